The predicted molar refractivity (Wildman–Crippen MR) is 75.0 cm³/mol. The van der Waals surface area contributed by atoms with Crippen molar-refractivity contribution in [3.05, 3.63) is 34.9 Å². The van der Waals surface area contributed by atoms with Crippen LogP contribution in [0.25, 0.3) is 0 Å². The summed E-state index contributed by atoms with van der Waals surface area (Å²) in [7, 11) is 0. The molecule has 2 unspecified atom stereocenters. The highest BCUT2D eigenvalue weighted by atomic mass is 35.5. The molecule has 1 heterocycles. The third-order valence-electron chi connectivity index (χ3n) is 5.01. The van der Waals surface area contributed by atoms with Crippen LogP contribution >= 0.6 is 11.6 Å². The molecule has 2 aliphatic rings. The van der Waals surface area contributed by atoms with Gasteiger partial charge in [0, 0.05) is 5.02 Å². The molecule has 1 aliphatic heterocycles. The molecule has 3 rings (SSSR count). The Morgan fingerprint density at radius 1 is 1.28 bits per heavy atom. The first-order valence-electron chi connectivity index (χ1n) is 6.92. The second-order valence-corrected chi connectivity index (χ2v) is 6.92. The Bertz CT molecular complexity index is 431. The highest BCUT2D eigenvalue weighted by Gasteiger charge is 2.62. The first kappa shape index (κ1) is 12.5. The molecule has 0 N–H and O–H groups in total. The fraction of sp³-hybridized carbons (Fsp3) is 0.625. The topological polar surface area (TPSA) is 12.5 Å². The molecule has 1 saturated heterocycles. The van der Waals surface area contributed by atoms with Gasteiger partial charge in [0.05, 0.1) is 12.2 Å². The largest absolute Gasteiger partial charge is 0.369 e. The molecule has 98 valence electrons. The van der Waals surface area contributed by atoms with Crippen molar-refractivity contribution in [2.24, 2.45) is 11.3 Å². The monoisotopic (exact) mass is 264 g/mol. The minimum Gasteiger partial charge on any atom is -0.369 e. The van der Waals surface area contributed by atoms with Crippen LogP contribution in [0.1, 0.15) is 38.7 Å². The number of ether oxygens (including phenoxy) is 1. The smallest absolute Gasteiger partial charge is 0.0998 e. The standard InChI is InChI=1S/C16H21ClO/c1-15(2)9-3-4-13(16(15)11-18-16)10-12-5-7-14(17)8-6-12/h5-8,13H,3-4,9-11H2,1-2H3. The maximum Gasteiger partial charge on any atom is 0.0998 e. The van der Waals surface area contributed by atoms with Gasteiger partial charge in [0.1, 0.15) is 0 Å². The number of hydrogen-bond donors (Lipinski definition) is 0. The second-order valence-electron chi connectivity index (χ2n) is 6.48. The van der Waals surface area contributed by atoms with E-state index in [1.165, 1.54) is 24.8 Å². The van der Waals surface area contributed by atoms with Gasteiger partial charge in [-0.1, -0.05) is 44.0 Å². The molecule has 2 fully saturated rings. The van der Waals surface area contributed by atoms with Crippen molar-refractivity contribution in [3.63, 3.8) is 0 Å². The molecule has 1 aromatic rings. The van der Waals surface area contributed by atoms with E-state index in [2.05, 4.69) is 26.0 Å². The molecule has 1 aliphatic carbocycles. The van der Waals surface area contributed by atoms with Gasteiger partial charge in [0.15, 0.2) is 0 Å². The van der Waals surface area contributed by atoms with Crippen LogP contribution < -0.4 is 0 Å². The van der Waals surface area contributed by atoms with Gasteiger partial charge >= 0.3 is 0 Å². The van der Waals surface area contributed by atoms with E-state index in [-0.39, 0.29) is 5.60 Å². The third kappa shape index (κ3) is 1.98. The molecular formula is C16H21ClO. The highest BCUT2D eigenvalue weighted by Crippen LogP contribution is 2.57. The predicted octanol–water partition coefficient (Wildman–Crippen LogP) is 4.48. The van der Waals surface area contributed by atoms with Crippen LogP contribution in [0.15, 0.2) is 24.3 Å². The first-order valence-corrected chi connectivity index (χ1v) is 7.30. The molecule has 0 amide bonds. The van der Waals surface area contributed by atoms with E-state index in [1.807, 2.05) is 12.1 Å². The summed E-state index contributed by atoms with van der Waals surface area (Å²) in [6.45, 7) is 5.69. The summed E-state index contributed by atoms with van der Waals surface area (Å²) >= 11 is 5.94. The maximum absolute atomic E-state index is 5.94. The van der Waals surface area contributed by atoms with E-state index in [0.29, 0.717) is 11.3 Å². The summed E-state index contributed by atoms with van der Waals surface area (Å²) in [6.07, 6.45) is 5.05. The number of halogens is 1. The van der Waals surface area contributed by atoms with Crippen molar-refractivity contribution in [1.29, 1.82) is 0 Å². The molecule has 0 radical (unpaired) electrons. The summed E-state index contributed by atoms with van der Waals surface area (Å²) in [5.74, 6) is 0.669. The van der Waals surface area contributed by atoms with Crippen LogP contribution in [0.2, 0.25) is 5.02 Å². The third-order valence-corrected chi connectivity index (χ3v) is 5.26. The van der Waals surface area contributed by atoms with Crippen LogP contribution in [-0.2, 0) is 11.2 Å². The lowest BCUT2D eigenvalue weighted by Crippen LogP contribution is -2.44. The van der Waals surface area contributed by atoms with E-state index in [4.69, 9.17) is 16.3 Å². The molecule has 1 saturated carbocycles. The number of hydrogen-bond acceptors (Lipinski definition) is 1. The van der Waals surface area contributed by atoms with Crippen LogP contribution in [-0.4, -0.2) is 12.2 Å². The first-order chi connectivity index (χ1) is 8.53. The van der Waals surface area contributed by atoms with Crippen molar-refractivity contribution < 1.29 is 4.74 Å². The Kier molecular flexibility index (Phi) is 2.95. The molecule has 1 aromatic carbocycles. The van der Waals surface area contributed by atoms with E-state index in [9.17, 15) is 0 Å². The molecule has 2 atom stereocenters. The van der Waals surface area contributed by atoms with Crippen molar-refractivity contribution in [3.8, 4) is 0 Å². The van der Waals surface area contributed by atoms with E-state index in [0.717, 1.165) is 18.1 Å². The highest BCUT2D eigenvalue weighted by molar-refractivity contribution is 6.30. The lowest BCUT2D eigenvalue weighted by molar-refractivity contribution is 0.0313. The minimum atomic E-state index is 0.158. The molecule has 0 bridgehead atoms. The Labute approximate surface area is 114 Å². The number of rotatable bonds is 2. The Morgan fingerprint density at radius 3 is 2.56 bits per heavy atom. The summed E-state index contributed by atoms with van der Waals surface area (Å²) in [6, 6.07) is 8.29. The van der Waals surface area contributed by atoms with Crippen molar-refractivity contribution >= 4 is 11.6 Å². The second kappa shape index (κ2) is 4.25. The van der Waals surface area contributed by atoms with Gasteiger partial charge in [0.25, 0.3) is 0 Å². The van der Waals surface area contributed by atoms with Crippen molar-refractivity contribution in [1.82, 2.24) is 0 Å². The SMILES string of the molecule is CC1(C)CCCC(Cc2ccc(Cl)cc2)C12CO2. The zero-order chi connectivity index (χ0) is 12.8. The van der Waals surface area contributed by atoms with Crippen molar-refractivity contribution in [2.75, 3.05) is 6.61 Å². The van der Waals surface area contributed by atoms with Gasteiger partial charge in [-0.3, -0.25) is 0 Å². The van der Waals surface area contributed by atoms with Gasteiger partial charge in [-0.25, -0.2) is 0 Å². The average Bonchev–Trinajstić information content (AvgIpc) is 3.10. The van der Waals surface area contributed by atoms with Gasteiger partial charge < -0.3 is 4.74 Å². The Morgan fingerprint density at radius 2 is 1.94 bits per heavy atom. The fourth-order valence-corrected chi connectivity index (χ4v) is 3.79. The van der Waals surface area contributed by atoms with Crippen LogP contribution in [0.3, 0.4) is 0 Å². The molecule has 1 nitrogen and oxygen atoms in total. The Balaban J connectivity index is 1.78. The van der Waals surface area contributed by atoms with E-state index < -0.39 is 0 Å². The van der Waals surface area contributed by atoms with Crippen LogP contribution in [0.4, 0.5) is 0 Å². The van der Waals surface area contributed by atoms with Gasteiger partial charge in [-0.05, 0) is 48.3 Å². The number of epoxide rings is 1. The maximum atomic E-state index is 5.94. The number of benzene rings is 1. The van der Waals surface area contributed by atoms with Crippen LogP contribution in [0, 0.1) is 11.3 Å². The summed E-state index contributed by atoms with van der Waals surface area (Å²) < 4.78 is 5.93. The molecule has 1 spiro atoms. The lowest BCUT2D eigenvalue weighted by Gasteiger charge is -2.42. The molecular weight excluding hydrogens is 244 g/mol. The van der Waals surface area contributed by atoms with Crippen LogP contribution in [0.5, 0.6) is 0 Å². The zero-order valence-electron chi connectivity index (χ0n) is 11.2. The summed E-state index contributed by atoms with van der Waals surface area (Å²) in [5.41, 5.74) is 1.88. The fourth-order valence-electron chi connectivity index (χ4n) is 3.66. The quantitative estimate of drug-likeness (QED) is 0.718. The average molecular weight is 265 g/mol. The summed E-state index contributed by atoms with van der Waals surface area (Å²) in [4.78, 5) is 0. The van der Waals surface area contributed by atoms with E-state index >= 15 is 0 Å². The normalized spacial score (nSPS) is 33.6. The van der Waals surface area contributed by atoms with Crippen molar-refractivity contribution in [2.45, 2.75) is 45.1 Å². The van der Waals surface area contributed by atoms with Gasteiger partial charge in [-0.15, -0.1) is 0 Å². The Hall–Kier alpha value is -0.530. The molecule has 0 aromatic heterocycles. The van der Waals surface area contributed by atoms with Gasteiger partial charge in [-0.2, -0.15) is 0 Å². The minimum absolute atomic E-state index is 0.158. The zero-order valence-corrected chi connectivity index (χ0v) is 12.0. The van der Waals surface area contributed by atoms with Gasteiger partial charge in [0.2, 0.25) is 0 Å². The lowest BCUT2D eigenvalue weighted by atomic mass is 9.62. The van der Waals surface area contributed by atoms with E-state index in [1.54, 1.807) is 0 Å². The summed E-state index contributed by atoms with van der Waals surface area (Å²) in [5, 5.41) is 0.820. The molecule has 18 heavy (non-hydrogen) atoms. The molecule has 2 heteroatoms.